The van der Waals surface area contributed by atoms with Crippen LogP contribution >= 0.6 is 0 Å². The Morgan fingerprint density at radius 2 is 2.29 bits per heavy atom. The second-order valence-corrected chi connectivity index (χ2v) is 2.97. The van der Waals surface area contributed by atoms with Gasteiger partial charge >= 0.3 is 0 Å². The molecule has 0 fully saturated rings. The molecule has 2 heterocycles. The van der Waals surface area contributed by atoms with Crippen molar-refractivity contribution in [2.75, 3.05) is 0 Å². The smallest absolute Gasteiger partial charge is 0.154 e. The maximum absolute atomic E-state index is 5.42. The summed E-state index contributed by atoms with van der Waals surface area (Å²) in [7, 11) is 1.89. The molecule has 2 aromatic rings. The molecule has 0 aromatic carbocycles. The zero-order valence-electron chi connectivity index (χ0n) is 7.83. The Kier molecular flexibility index (Phi) is 2.23. The van der Waals surface area contributed by atoms with Gasteiger partial charge < -0.3 is 10.3 Å². The van der Waals surface area contributed by atoms with Gasteiger partial charge in [-0.25, -0.2) is 4.68 Å². The number of rotatable bonds is 3. The van der Waals surface area contributed by atoms with E-state index in [1.165, 1.54) is 0 Å². The summed E-state index contributed by atoms with van der Waals surface area (Å²) in [5.41, 5.74) is 6.19. The molecule has 0 spiro atoms. The molecule has 0 aliphatic heterocycles. The van der Waals surface area contributed by atoms with Gasteiger partial charge in [0, 0.05) is 13.6 Å². The van der Waals surface area contributed by atoms with Gasteiger partial charge in [-0.3, -0.25) is 0 Å². The molecule has 0 saturated heterocycles. The fraction of sp³-hybridized carbons (Fsp3) is 0.429. The normalized spacial score (nSPS) is 10.7. The summed E-state index contributed by atoms with van der Waals surface area (Å²) in [6, 6.07) is 0. The van der Waals surface area contributed by atoms with E-state index < -0.39 is 0 Å². The van der Waals surface area contributed by atoms with Crippen molar-refractivity contribution in [1.29, 1.82) is 0 Å². The third-order valence-electron chi connectivity index (χ3n) is 1.90. The quantitative estimate of drug-likeness (QED) is 0.669. The van der Waals surface area contributed by atoms with Gasteiger partial charge in [0.25, 0.3) is 0 Å². The maximum atomic E-state index is 5.42. The molecule has 2 rings (SSSR count). The summed E-state index contributed by atoms with van der Waals surface area (Å²) >= 11 is 0. The summed E-state index contributed by atoms with van der Waals surface area (Å²) in [5.74, 6) is 0.832. The van der Waals surface area contributed by atoms with Crippen LogP contribution in [-0.4, -0.2) is 29.8 Å². The topological polar surface area (TPSA) is 87.4 Å². The van der Waals surface area contributed by atoms with E-state index in [2.05, 4.69) is 20.5 Å². The zero-order chi connectivity index (χ0) is 9.97. The molecule has 0 saturated carbocycles. The van der Waals surface area contributed by atoms with Crippen molar-refractivity contribution in [2.24, 2.45) is 12.8 Å². The Bertz CT molecular complexity index is 415. The largest absolute Gasteiger partial charge is 0.325 e. The first-order valence-electron chi connectivity index (χ1n) is 4.21. The highest BCUT2D eigenvalue weighted by atomic mass is 15.4. The summed E-state index contributed by atoms with van der Waals surface area (Å²) in [5, 5.41) is 15.5. The van der Waals surface area contributed by atoms with Crippen LogP contribution in [0.1, 0.15) is 11.5 Å². The van der Waals surface area contributed by atoms with Crippen molar-refractivity contribution < 1.29 is 0 Å². The summed E-state index contributed by atoms with van der Waals surface area (Å²) in [6.07, 6.45) is 3.45. The molecule has 0 radical (unpaired) electrons. The van der Waals surface area contributed by atoms with E-state index in [0.29, 0.717) is 13.1 Å². The van der Waals surface area contributed by atoms with Gasteiger partial charge in [0.15, 0.2) is 5.82 Å². The molecule has 0 atom stereocenters. The summed E-state index contributed by atoms with van der Waals surface area (Å²) in [6.45, 7) is 0.961. The monoisotopic (exact) mass is 193 g/mol. The predicted molar refractivity (Wildman–Crippen MR) is 48.0 cm³/mol. The highest BCUT2D eigenvalue weighted by Crippen LogP contribution is 1.97. The zero-order valence-corrected chi connectivity index (χ0v) is 7.83. The minimum absolute atomic E-state index is 0.402. The number of nitrogens with zero attached hydrogens (tertiary/aromatic N) is 6. The third-order valence-corrected chi connectivity index (χ3v) is 1.90. The lowest BCUT2D eigenvalue weighted by molar-refractivity contribution is 0.605. The molecule has 7 nitrogen and oxygen atoms in total. The van der Waals surface area contributed by atoms with Gasteiger partial charge in [-0.05, 0) is 0 Å². The van der Waals surface area contributed by atoms with Crippen molar-refractivity contribution in [3.8, 4) is 0 Å². The lowest BCUT2D eigenvalue weighted by atomic mass is 10.5. The van der Waals surface area contributed by atoms with Crippen molar-refractivity contribution in [1.82, 2.24) is 29.8 Å². The van der Waals surface area contributed by atoms with Crippen LogP contribution in [0.5, 0.6) is 0 Å². The standard InChI is InChI=1S/C7H11N7/c1-13-5-9-11-7(13)4-14-3-6(2-8)10-12-14/h3,5H,2,4,8H2,1H3. The molecule has 0 bridgehead atoms. The average Bonchev–Trinajstić information content (AvgIpc) is 2.77. The van der Waals surface area contributed by atoms with Crippen molar-refractivity contribution >= 4 is 0 Å². The van der Waals surface area contributed by atoms with E-state index >= 15 is 0 Å². The second-order valence-electron chi connectivity index (χ2n) is 2.97. The van der Waals surface area contributed by atoms with Crippen LogP contribution in [0, 0.1) is 0 Å². The molecular formula is C7H11N7. The molecule has 0 amide bonds. The maximum Gasteiger partial charge on any atom is 0.154 e. The number of hydrogen-bond acceptors (Lipinski definition) is 5. The minimum Gasteiger partial charge on any atom is -0.325 e. The first-order chi connectivity index (χ1) is 6.79. The number of aromatic nitrogens is 6. The number of hydrogen-bond donors (Lipinski definition) is 1. The van der Waals surface area contributed by atoms with Crippen molar-refractivity contribution in [3.63, 3.8) is 0 Å². The predicted octanol–water partition coefficient (Wildman–Crippen LogP) is -1.09. The third kappa shape index (κ3) is 1.62. The fourth-order valence-electron chi connectivity index (χ4n) is 1.10. The van der Waals surface area contributed by atoms with Crippen molar-refractivity contribution in [2.45, 2.75) is 13.1 Å². The Labute approximate surface area is 80.5 Å². The van der Waals surface area contributed by atoms with E-state index in [0.717, 1.165) is 11.5 Å². The first-order valence-corrected chi connectivity index (χ1v) is 4.21. The first kappa shape index (κ1) is 8.82. The van der Waals surface area contributed by atoms with Crippen LogP contribution in [0.25, 0.3) is 0 Å². The van der Waals surface area contributed by atoms with Crippen LogP contribution in [0.4, 0.5) is 0 Å². The van der Waals surface area contributed by atoms with Gasteiger partial charge in [0.2, 0.25) is 0 Å². The molecule has 0 unspecified atom stereocenters. The van der Waals surface area contributed by atoms with E-state index in [9.17, 15) is 0 Å². The van der Waals surface area contributed by atoms with E-state index in [1.54, 1.807) is 17.2 Å². The van der Waals surface area contributed by atoms with E-state index in [-0.39, 0.29) is 0 Å². The van der Waals surface area contributed by atoms with Gasteiger partial charge in [-0.2, -0.15) is 0 Å². The fourth-order valence-corrected chi connectivity index (χ4v) is 1.10. The lowest BCUT2D eigenvalue weighted by Gasteiger charge is -1.98. The minimum atomic E-state index is 0.402. The highest BCUT2D eigenvalue weighted by Gasteiger charge is 2.03. The van der Waals surface area contributed by atoms with Gasteiger partial charge in [-0.1, -0.05) is 5.21 Å². The molecule has 0 aliphatic rings. The Hall–Kier alpha value is -1.76. The lowest BCUT2D eigenvalue weighted by Crippen LogP contribution is -2.06. The number of nitrogens with two attached hydrogens (primary N) is 1. The number of aryl methyl sites for hydroxylation is 1. The van der Waals surface area contributed by atoms with Gasteiger partial charge in [0.05, 0.1) is 11.9 Å². The molecule has 14 heavy (non-hydrogen) atoms. The molecule has 7 heteroatoms. The molecular weight excluding hydrogens is 182 g/mol. The molecule has 2 aromatic heterocycles. The SMILES string of the molecule is Cn1cnnc1Cn1cc(CN)nn1. The molecule has 74 valence electrons. The summed E-state index contributed by atoms with van der Waals surface area (Å²) in [4.78, 5) is 0. The van der Waals surface area contributed by atoms with Crippen LogP contribution in [0.3, 0.4) is 0 Å². The molecule has 2 N–H and O–H groups in total. The van der Waals surface area contributed by atoms with E-state index in [4.69, 9.17) is 5.73 Å². The van der Waals surface area contributed by atoms with Gasteiger partial charge in [0.1, 0.15) is 12.9 Å². The average molecular weight is 193 g/mol. The van der Waals surface area contributed by atoms with Crippen molar-refractivity contribution in [3.05, 3.63) is 24.0 Å². The Balaban J connectivity index is 2.15. The van der Waals surface area contributed by atoms with Crippen LogP contribution in [0.2, 0.25) is 0 Å². The van der Waals surface area contributed by atoms with Crippen LogP contribution in [-0.2, 0) is 20.1 Å². The van der Waals surface area contributed by atoms with E-state index in [1.807, 2.05) is 11.6 Å². The van der Waals surface area contributed by atoms with Crippen LogP contribution < -0.4 is 5.73 Å². The molecule has 0 aliphatic carbocycles. The van der Waals surface area contributed by atoms with Crippen LogP contribution in [0.15, 0.2) is 12.5 Å². The Morgan fingerprint density at radius 1 is 1.43 bits per heavy atom. The second kappa shape index (κ2) is 3.54. The van der Waals surface area contributed by atoms with Gasteiger partial charge in [-0.15, -0.1) is 15.3 Å². The Morgan fingerprint density at radius 3 is 2.86 bits per heavy atom. The summed E-state index contributed by atoms with van der Waals surface area (Å²) < 4.78 is 3.52. The highest BCUT2D eigenvalue weighted by molar-refractivity contribution is 4.93.